The van der Waals surface area contributed by atoms with Gasteiger partial charge in [-0.1, -0.05) is 12.1 Å². The molecule has 0 fully saturated rings. The number of hydrogen-bond donors (Lipinski definition) is 0. The van der Waals surface area contributed by atoms with Crippen molar-refractivity contribution in [3.8, 4) is 11.3 Å². The predicted octanol–water partition coefficient (Wildman–Crippen LogP) is 2.44. The molecule has 0 aliphatic carbocycles. The minimum absolute atomic E-state index is 0.132. The molecular formula is C17H14BNO4. The second-order valence-corrected chi connectivity index (χ2v) is 5.04. The molecule has 0 amide bonds. The van der Waals surface area contributed by atoms with Crippen LogP contribution >= 0.6 is 0 Å². The number of nitrogens with zero attached hydrogens (tertiary/aromatic N) is 1. The Bertz CT molecular complexity index is 883. The molecule has 0 unspecified atom stereocenters. The van der Waals surface area contributed by atoms with Gasteiger partial charge in [-0.2, -0.15) is 0 Å². The first-order chi connectivity index (χ1) is 11.1. The topological polar surface area (TPSA) is 69.4 Å². The van der Waals surface area contributed by atoms with Gasteiger partial charge in [0.2, 0.25) is 0 Å². The third-order valence-corrected chi connectivity index (χ3v) is 3.48. The van der Waals surface area contributed by atoms with Gasteiger partial charge in [0.25, 0.3) is 0 Å². The number of ether oxygens (including phenoxy) is 1. The molecule has 1 aromatic carbocycles. The van der Waals surface area contributed by atoms with Crippen molar-refractivity contribution in [1.82, 2.24) is 4.98 Å². The van der Waals surface area contributed by atoms with Crippen molar-refractivity contribution in [2.75, 3.05) is 6.61 Å². The zero-order chi connectivity index (χ0) is 16.4. The summed E-state index contributed by atoms with van der Waals surface area (Å²) in [6.07, 6.45) is 1.56. The number of carbonyl (C=O) groups excluding carboxylic acids is 2. The molecule has 2 heterocycles. The number of furan rings is 1. The zero-order valence-corrected chi connectivity index (χ0v) is 12.8. The lowest BCUT2D eigenvalue weighted by Gasteiger charge is -2.06. The van der Waals surface area contributed by atoms with E-state index >= 15 is 0 Å². The van der Waals surface area contributed by atoms with Crippen LogP contribution in [0.3, 0.4) is 0 Å². The summed E-state index contributed by atoms with van der Waals surface area (Å²) in [4.78, 5) is 27.8. The molecule has 114 valence electrons. The Balaban J connectivity index is 2.07. The zero-order valence-electron chi connectivity index (χ0n) is 12.8. The molecule has 5 nitrogen and oxygen atoms in total. The fourth-order valence-corrected chi connectivity index (χ4v) is 2.34. The van der Waals surface area contributed by atoms with Crippen LogP contribution in [0.25, 0.3) is 22.2 Å². The first-order valence-corrected chi connectivity index (χ1v) is 7.27. The summed E-state index contributed by atoms with van der Waals surface area (Å²) in [6.45, 7) is 2.09. The molecule has 0 radical (unpaired) electrons. The maximum atomic E-state index is 11.7. The fourth-order valence-electron chi connectivity index (χ4n) is 2.34. The molecule has 0 spiro atoms. The molecule has 0 aliphatic heterocycles. The standard InChI is InChI=1S/C17H14BNO4/c1-2-22-17(21)11-5-3-10(4-6-11)15-12-7-8-23-14(12)9-13(19-15)16(18)20/h3-9H,2,18H2,1H3. The van der Waals surface area contributed by atoms with Crippen LogP contribution in [0.1, 0.15) is 27.8 Å². The highest BCUT2D eigenvalue weighted by Crippen LogP contribution is 2.28. The van der Waals surface area contributed by atoms with Crippen molar-refractivity contribution < 1.29 is 18.7 Å². The van der Waals surface area contributed by atoms with Gasteiger partial charge in [-0.3, -0.25) is 0 Å². The van der Waals surface area contributed by atoms with Crippen LogP contribution < -0.4 is 0 Å². The number of aromatic nitrogens is 1. The smallest absolute Gasteiger partial charge is 0.338 e. The third kappa shape index (κ3) is 2.88. The Labute approximate surface area is 133 Å². The van der Waals surface area contributed by atoms with Crippen LogP contribution in [0.2, 0.25) is 0 Å². The average Bonchev–Trinajstić information content (AvgIpc) is 3.02. The summed E-state index contributed by atoms with van der Waals surface area (Å²) in [7, 11) is 1.46. The number of benzene rings is 1. The highest BCUT2D eigenvalue weighted by atomic mass is 16.5. The maximum Gasteiger partial charge on any atom is 0.338 e. The van der Waals surface area contributed by atoms with Gasteiger partial charge in [-0.15, -0.1) is 0 Å². The minimum atomic E-state index is -0.363. The van der Waals surface area contributed by atoms with E-state index in [0.717, 1.165) is 10.9 Å². The molecule has 0 N–H and O–H groups in total. The van der Waals surface area contributed by atoms with E-state index in [0.29, 0.717) is 29.1 Å². The molecule has 0 aliphatic rings. The van der Waals surface area contributed by atoms with Crippen molar-refractivity contribution in [1.29, 1.82) is 0 Å². The third-order valence-electron chi connectivity index (χ3n) is 3.48. The minimum Gasteiger partial charge on any atom is -0.464 e. The van der Waals surface area contributed by atoms with Crippen molar-refractivity contribution >= 4 is 30.5 Å². The van der Waals surface area contributed by atoms with Crippen molar-refractivity contribution in [2.24, 2.45) is 0 Å². The first-order valence-electron chi connectivity index (χ1n) is 7.27. The van der Waals surface area contributed by atoms with Crippen LogP contribution in [-0.2, 0) is 4.74 Å². The van der Waals surface area contributed by atoms with E-state index < -0.39 is 0 Å². The van der Waals surface area contributed by atoms with E-state index in [1.807, 2.05) is 0 Å². The molecule has 3 aromatic rings. The van der Waals surface area contributed by atoms with Crippen molar-refractivity contribution in [2.45, 2.75) is 6.92 Å². The van der Waals surface area contributed by atoms with E-state index in [4.69, 9.17) is 9.15 Å². The number of esters is 1. The lowest BCUT2D eigenvalue weighted by atomic mass is 9.97. The Hall–Kier alpha value is -2.89. The van der Waals surface area contributed by atoms with E-state index in [2.05, 4.69) is 4.98 Å². The molecule has 23 heavy (non-hydrogen) atoms. The second-order valence-electron chi connectivity index (χ2n) is 5.04. The summed E-state index contributed by atoms with van der Waals surface area (Å²) in [5.74, 6) is -0.363. The Morgan fingerprint density at radius 1 is 1.22 bits per heavy atom. The predicted molar refractivity (Wildman–Crippen MR) is 88.3 cm³/mol. The number of hydrogen-bond acceptors (Lipinski definition) is 5. The molecule has 0 atom stereocenters. The summed E-state index contributed by atoms with van der Waals surface area (Å²) in [5.41, 5.74) is 2.74. The van der Waals surface area contributed by atoms with Crippen molar-refractivity contribution in [3.63, 3.8) is 0 Å². The number of pyridine rings is 1. The molecule has 3 rings (SSSR count). The number of carbonyl (C=O) groups is 2. The van der Waals surface area contributed by atoms with Crippen LogP contribution in [-0.4, -0.2) is 31.1 Å². The normalized spacial score (nSPS) is 10.7. The Morgan fingerprint density at radius 3 is 2.61 bits per heavy atom. The lowest BCUT2D eigenvalue weighted by Crippen LogP contribution is -2.04. The highest BCUT2D eigenvalue weighted by molar-refractivity contribution is 6.62. The van der Waals surface area contributed by atoms with Gasteiger partial charge in [-0.05, 0) is 25.1 Å². The number of rotatable bonds is 4. The second kappa shape index (κ2) is 6.08. The van der Waals surface area contributed by atoms with Crippen LogP contribution in [0.4, 0.5) is 0 Å². The SMILES string of the molecule is BC(=O)c1cc2occc2c(-c2ccc(C(=O)OCC)cc2)n1. The first kappa shape index (κ1) is 15.0. The summed E-state index contributed by atoms with van der Waals surface area (Å²) in [6, 6.07) is 10.4. The quantitative estimate of drug-likeness (QED) is 0.547. The van der Waals surface area contributed by atoms with Gasteiger partial charge in [0.15, 0.2) is 7.85 Å². The molecule has 0 saturated heterocycles. The molecule has 2 aromatic heterocycles. The van der Waals surface area contributed by atoms with Gasteiger partial charge in [0, 0.05) is 17.0 Å². The van der Waals surface area contributed by atoms with E-state index in [1.54, 1.807) is 49.6 Å². The average molecular weight is 307 g/mol. The molecule has 0 saturated carbocycles. The molecule has 6 heteroatoms. The van der Waals surface area contributed by atoms with E-state index in [-0.39, 0.29) is 11.7 Å². The van der Waals surface area contributed by atoms with Gasteiger partial charge in [0.05, 0.1) is 29.8 Å². The van der Waals surface area contributed by atoms with Gasteiger partial charge in [0.1, 0.15) is 11.3 Å². The fraction of sp³-hybridized carbons (Fsp3) is 0.118. The van der Waals surface area contributed by atoms with Crippen LogP contribution in [0.15, 0.2) is 47.1 Å². The summed E-state index contributed by atoms with van der Waals surface area (Å²) in [5, 5.41) is 0.818. The van der Waals surface area contributed by atoms with Gasteiger partial charge in [-0.25, -0.2) is 9.78 Å². The maximum absolute atomic E-state index is 11.7. The molecule has 0 bridgehead atoms. The van der Waals surface area contributed by atoms with Crippen LogP contribution in [0, 0.1) is 0 Å². The largest absolute Gasteiger partial charge is 0.464 e. The number of fused-ring (bicyclic) bond motifs is 1. The van der Waals surface area contributed by atoms with Gasteiger partial charge >= 0.3 is 5.97 Å². The van der Waals surface area contributed by atoms with Crippen molar-refractivity contribution in [3.05, 3.63) is 53.9 Å². The van der Waals surface area contributed by atoms with E-state index in [1.165, 1.54) is 7.85 Å². The highest BCUT2D eigenvalue weighted by Gasteiger charge is 2.13. The van der Waals surface area contributed by atoms with E-state index in [9.17, 15) is 9.59 Å². The Kier molecular flexibility index (Phi) is 3.97. The monoisotopic (exact) mass is 307 g/mol. The summed E-state index contributed by atoms with van der Waals surface area (Å²) >= 11 is 0. The molecular weight excluding hydrogens is 293 g/mol. The van der Waals surface area contributed by atoms with Crippen LogP contribution in [0.5, 0.6) is 0 Å². The lowest BCUT2D eigenvalue weighted by molar-refractivity contribution is 0.0526. The summed E-state index contributed by atoms with van der Waals surface area (Å²) < 4.78 is 10.4. The van der Waals surface area contributed by atoms with Gasteiger partial charge < -0.3 is 13.9 Å². The Morgan fingerprint density at radius 2 is 1.96 bits per heavy atom.